The van der Waals surface area contributed by atoms with Crippen LogP contribution in [0.4, 0.5) is 0 Å². The maximum absolute atomic E-state index is 11.5. The Morgan fingerprint density at radius 2 is 1.84 bits per heavy atom. The summed E-state index contributed by atoms with van der Waals surface area (Å²) in [6, 6.07) is 0. The molecule has 0 aliphatic heterocycles. The number of hydrogen-bond donors (Lipinski definition) is 1. The van der Waals surface area contributed by atoms with Gasteiger partial charge in [0.15, 0.2) is 0 Å². The van der Waals surface area contributed by atoms with Crippen molar-refractivity contribution in [3.63, 3.8) is 0 Å². The molecule has 114 valence electrons. The Bertz CT molecular complexity index is 231. The van der Waals surface area contributed by atoms with E-state index in [1.165, 1.54) is 0 Å². The molecule has 0 saturated carbocycles. The number of nitrogens with two attached hydrogens (primary N) is 1. The highest BCUT2D eigenvalue weighted by molar-refractivity contribution is 5.69. The first-order valence-corrected chi connectivity index (χ1v) is 6.94. The van der Waals surface area contributed by atoms with Gasteiger partial charge in [0.25, 0.3) is 0 Å². The number of methoxy groups -OCH3 is 1. The fraction of sp³-hybridized carbons (Fsp3) is 0.929. The zero-order valence-electron chi connectivity index (χ0n) is 12.6. The highest BCUT2D eigenvalue weighted by Gasteiger charge is 2.18. The molecule has 0 fully saturated rings. The number of hydrogen-bond acceptors (Lipinski definition) is 5. The van der Waals surface area contributed by atoms with Crippen LogP contribution in [0.5, 0.6) is 0 Å². The van der Waals surface area contributed by atoms with Crippen molar-refractivity contribution < 1.29 is 19.0 Å². The summed E-state index contributed by atoms with van der Waals surface area (Å²) in [7, 11) is 1.66. The maximum Gasteiger partial charge on any atom is 0.305 e. The van der Waals surface area contributed by atoms with Crippen LogP contribution in [-0.2, 0) is 19.0 Å². The maximum atomic E-state index is 11.5. The minimum Gasteiger partial charge on any atom is -0.463 e. The van der Waals surface area contributed by atoms with Crippen LogP contribution in [0.15, 0.2) is 0 Å². The lowest BCUT2D eigenvalue weighted by atomic mass is 9.84. The second-order valence-electron chi connectivity index (χ2n) is 5.38. The third kappa shape index (κ3) is 12.1. The van der Waals surface area contributed by atoms with E-state index < -0.39 is 0 Å². The van der Waals surface area contributed by atoms with Crippen molar-refractivity contribution >= 4 is 5.97 Å². The van der Waals surface area contributed by atoms with Crippen LogP contribution in [0.25, 0.3) is 0 Å². The molecule has 5 nitrogen and oxygen atoms in total. The molecule has 0 amide bonds. The van der Waals surface area contributed by atoms with Crippen LogP contribution in [0, 0.1) is 5.41 Å². The van der Waals surface area contributed by atoms with Gasteiger partial charge in [-0.05, 0) is 31.2 Å². The fourth-order valence-corrected chi connectivity index (χ4v) is 1.65. The van der Waals surface area contributed by atoms with Crippen LogP contribution in [0.2, 0.25) is 0 Å². The lowest BCUT2D eigenvalue weighted by Crippen LogP contribution is -2.19. The van der Waals surface area contributed by atoms with Gasteiger partial charge in [-0.2, -0.15) is 0 Å². The van der Waals surface area contributed by atoms with Gasteiger partial charge in [0.05, 0.1) is 6.61 Å². The lowest BCUT2D eigenvalue weighted by Gasteiger charge is -2.23. The molecule has 5 heteroatoms. The smallest absolute Gasteiger partial charge is 0.305 e. The second-order valence-corrected chi connectivity index (χ2v) is 5.38. The Morgan fingerprint density at radius 1 is 1.11 bits per heavy atom. The molecule has 0 rings (SSSR count). The van der Waals surface area contributed by atoms with Gasteiger partial charge in [0, 0.05) is 26.7 Å². The quantitative estimate of drug-likeness (QED) is 0.434. The Labute approximate surface area is 116 Å². The van der Waals surface area contributed by atoms with Gasteiger partial charge in [-0.15, -0.1) is 0 Å². The van der Waals surface area contributed by atoms with Gasteiger partial charge in [0.2, 0.25) is 0 Å². The van der Waals surface area contributed by atoms with Crippen LogP contribution >= 0.6 is 0 Å². The van der Waals surface area contributed by atoms with Crippen molar-refractivity contribution in [1.29, 1.82) is 0 Å². The van der Waals surface area contributed by atoms with Crippen molar-refractivity contribution in [1.82, 2.24) is 0 Å². The van der Waals surface area contributed by atoms with Crippen molar-refractivity contribution in [3.8, 4) is 0 Å². The topological polar surface area (TPSA) is 70.8 Å². The number of rotatable bonds is 12. The summed E-state index contributed by atoms with van der Waals surface area (Å²) >= 11 is 0. The minimum absolute atomic E-state index is 0.102. The molecular weight excluding hydrogens is 246 g/mol. The standard InChI is InChI=1S/C14H29NO4/c1-14(2,7-8-15)6-5-13(16)19-12-11-18-10-4-9-17-3/h4-12,15H2,1-3H3. The second kappa shape index (κ2) is 11.2. The Kier molecular flexibility index (Phi) is 10.8. The van der Waals surface area contributed by atoms with E-state index in [0.717, 1.165) is 19.3 Å². The van der Waals surface area contributed by atoms with Crippen molar-refractivity contribution in [2.75, 3.05) is 40.1 Å². The largest absolute Gasteiger partial charge is 0.463 e. The third-order valence-corrected chi connectivity index (χ3v) is 2.95. The van der Waals surface area contributed by atoms with E-state index in [2.05, 4.69) is 13.8 Å². The molecule has 0 spiro atoms. The van der Waals surface area contributed by atoms with E-state index in [9.17, 15) is 4.79 Å². The predicted molar refractivity (Wildman–Crippen MR) is 75.0 cm³/mol. The molecule has 0 bridgehead atoms. The summed E-state index contributed by atoms with van der Waals surface area (Å²) in [5, 5.41) is 0. The molecule has 0 saturated heterocycles. The third-order valence-electron chi connectivity index (χ3n) is 2.95. The molecule has 0 radical (unpaired) electrons. The predicted octanol–water partition coefficient (Wildman–Crippen LogP) is 1.74. The van der Waals surface area contributed by atoms with Crippen molar-refractivity contribution in [2.45, 2.75) is 39.5 Å². The molecule has 0 aromatic rings. The van der Waals surface area contributed by atoms with Gasteiger partial charge < -0.3 is 19.9 Å². The molecule has 0 atom stereocenters. The Morgan fingerprint density at radius 3 is 2.47 bits per heavy atom. The number of carbonyl (C=O) groups is 1. The normalized spacial score (nSPS) is 11.6. The van der Waals surface area contributed by atoms with E-state index in [0.29, 0.717) is 39.4 Å². The van der Waals surface area contributed by atoms with E-state index >= 15 is 0 Å². The highest BCUT2D eigenvalue weighted by Crippen LogP contribution is 2.25. The van der Waals surface area contributed by atoms with E-state index in [1.54, 1.807) is 7.11 Å². The first-order valence-electron chi connectivity index (χ1n) is 6.94. The van der Waals surface area contributed by atoms with Crippen LogP contribution in [0.3, 0.4) is 0 Å². The summed E-state index contributed by atoms with van der Waals surface area (Å²) in [5.74, 6) is -0.161. The number of carbonyl (C=O) groups excluding carboxylic acids is 1. The SMILES string of the molecule is COCCCOCCOC(=O)CCC(C)(C)CCN. The Balaban J connectivity index is 3.44. The van der Waals surface area contributed by atoms with E-state index in [4.69, 9.17) is 19.9 Å². The van der Waals surface area contributed by atoms with Crippen molar-refractivity contribution in [2.24, 2.45) is 11.1 Å². The summed E-state index contributed by atoms with van der Waals surface area (Å²) < 4.78 is 15.3. The molecular formula is C14H29NO4. The van der Waals surface area contributed by atoms with Crippen molar-refractivity contribution in [3.05, 3.63) is 0 Å². The lowest BCUT2D eigenvalue weighted by molar-refractivity contribution is -0.145. The monoisotopic (exact) mass is 275 g/mol. The molecule has 2 N–H and O–H groups in total. The average Bonchev–Trinajstić information content (AvgIpc) is 2.35. The minimum atomic E-state index is -0.161. The highest BCUT2D eigenvalue weighted by atomic mass is 16.6. The summed E-state index contributed by atoms with van der Waals surface area (Å²) in [4.78, 5) is 11.5. The average molecular weight is 275 g/mol. The van der Waals surface area contributed by atoms with Gasteiger partial charge in [-0.3, -0.25) is 4.79 Å². The first kappa shape index (κ1) is 18.4. The number of ether oxygens (including phenoxy) is 3. The molecule has 0 aliphatic carbocycles. The van der Waals surface area contributed by atoms with Crippen LogP contribution in [-0.4, -0.2) is 46.1 Å². The van der Waals surface area contributed by atoms with Gasteiger partial charge in [-0.1, -0.05) is 13.8 Å². The van der Waals surface area contributed by atoms with Gasteiger partial charge in [0.1, 0.15) is 6.61 Å². The summed E-state index contributed by atoms with van der Waals surface area (Å²) in [6.45, 7) is 6.98. The zero-order chi connectivity index (χ0) is 14.6. The summed E-state index contributed by atoms with van der Waals surface area (Å²) in [6.07, 6.45) is 3.02. The number of esters is 1. The Hall–Kier alpha value is -0.650. The molecule has 0 aromatic carbocycles. The van der Waals surface area contributed by atoms with Crippen LogP contribution in [0.1, 0.15) is 39.5 Å². The van der Waals surface area contributed by atoms with Crippen LogP contribution < -0.4 is 5.73 Å². The summed E-state index contributed by atoms with van der Waals surface area (Å²) in [5.41, 5.74) is 5.63. The molecule has 0 heterocycles. The molecule has 19 heavy (non-hydrogen) atoms. The fourth-order valence-electron chi connectivity index (χ4n) is 1.65. The molecule has 0 aliphatic rings. The zero-order valence-corrected chi connectivity index (χ0v) is 12.6. The van der Waals surface area contributed by atoms with E-state index in [1.807, 2.05) is 0 Å². The molecule has 0 unspecified atom stereocenters. The van der Waals surface area contributed by atoms with E-state index in [-0.39, 0.29) is 11.4 Å². The molecule has 0 aromatic heterocycles. The van der Waals surface area contributed by atoms with Gasteiger partial charge >= 0.3 is 5.97 Å². The first-order chi connectivity index (χ1) is 9.02. The van der Waals surface area contributed by atoms with Gasteiger partial charge in [-0.25, -0.2) is 0 Å².